The highest BCUT2D eigenvalue weighted by molar-refractivity contribution is 8.18. The van der Waals surface area contributed by atoms with Crippen molar-refractivity contribution in [2.45, 2.75) is 0 Å². The fourth-order valence-corrected chi connectivity index (χ4v) is 4.68. The van der Waals surface area contributed by atoms with E-state index in [1.54, 1.807) is 33.1 Å². The molecule has 0 aromatic heterocycles. The SMILES string of the molecule is CO[Si](OC)(OC)C1=NCCS1. The summed E-state index contributed by atoms with van der Waals surface area (Å²) in [6.07, 6.45) is 0. The summed E-state index contributed by atoms with van der Waals surface area (Å²) >= 11 is 1.66. The number of thioether (sulfide) groups is 1. The second-order valence-corrected chi connectivity index (χ2v) is 6.46. The van der Waals surface area contributed by atoms with Crippen LogP contribution in [0.25, 0.3) is 0 Å². The van der Waals surface area contributed by atoms with Crippen LogP contribution in [0.1, 0.15) is 0 Å². The molecule has 0 aliphatic carbocycles. The minimum atomic E-state index is -2.57. The third-order valence-electron chi connectivity index (χ3n) is 1.65. The van der Waals surface area contributed by atoms with Crippen molar-refractivity contribution in [2.75, 3.05) is 33.6 Å². The van der Waals surface area contributed by atoms with Gasteiger partial charge in [0.2, 0.25) is 0 Å². The van der Waals surface area contributed by atoms with Crippen LogP contribution in [0.15, 0.2) is 4.99 Å². The highest BCUT2D eigenvalue weighted by Gasteiger charge is 2.46. The lowest BCUT2D eigenvalue weighted by atomic mass is 10.8. The average molecular weight is 207 g/mol. The van der Waals surface area contributed by atoms with Gasteiger partial charge >= 0.3 is 8.80 Å². The summed E-state index contributed by atoms with van der Waals surface area (Å²) in [4.78, 5) is 4.29. The summed E-state index contributed by atoms with van der Waals surface area (Å²) in [5.41, 5.74) is 0. The Balaban J connectivity index is 2.75. The van der Waals surface area contributed by atoms with Crippen molar-refractivity contribution in [1.82, 2.24) is 0 Å². The molecule has 0 amide bonds. The van der Waals surface area contributed by atoms with Gasteiger partial charge in [-0.1, -0.05) is 0 Å². The summed E-state index contributed by atoms with van der Waals surface area (Å²) in [6, 6.07) is 0. The summed E-state index contributed by atoms with van der Waals surface area (Å²) in [7, 11) is 2.22. The van der Waals surface area contributed by atoms with Crippen molar-refractivity contribution in [3.8, 4) is 0 Å². The first-order chi connectivity index (χ1) is 5.79. The Labute approximate surface area is 77.7 Å². The fourth-order valence-electron chi connectivity index (χ4n) is 1.03. The van der Waals surface area contributed by atoms with E-state index < -0.39 is 8.80 Å². The molecule has 0 saturated heterocycles. The molecule has 1 heterocycles. The second-order valence-electron chi connectivity index (χ2n) is 2.20. The zero-order chi connectivity index (χ0) is 9.03. The molecule has 0 unspecified atom stereocenters. The van der Waals surface area contributed by atoms with Gasteiger partial charge in [0.05, 0.1) is 0 Å². The number of hydrogen-bond acceptors (Lipinski definition) is 5. The molecule has 0 bridgehead atoms. The predicted molar refractivity (Wildman–Crippen MR) is 51.5 cm³/mol. The number of hydrogen-bond donors (Lipinski definition) is 0. The Morgan fingerprint density at radius 2 is 1.83 bits per heavy atom. The van der Waals surface area contributed by atoms with Crippen molar-refractivity contribution in [1.29, 1.82) is 0 Å². The van der Waals surface area contributed by atoms with Gasteiger partial charge in [0.1, 0.15) is 4.67 Å². The molecule has 0 radical (unpaired) electrons. The molecule has 1 aliphatic heterocycles. The maximum absolute atomic E-state index is 5.26. The van der Waals surface area contributed by atoms with Gasteiger partial charge in [-0.15, -0.1) is 11.8 Å². The molecule has 0 atom stereocenters. The maximum Gasteiger partial charge on any atom is 0.562 e. The molecule has 12 heavy (non-hydrogen) atoms. The van der Waals surface area contributed by atoms with Crippen LogP contribution in [0, 0.1) is 0 Å². The maximum atomic E-state index is 5.26. The second kappa shape index (κ2) is 4.38. The van der Waals surface area contributed by atoms with Gasteiger partial charge in [-0.05, 0) is 0 Å². The van der Waals surface area contributed by atoms with Crippen LogP contribution in [-0.2, 0) is 13.3 Å². The highest BCUT2D eigenvalue weighted by Crippen LogP contribution is 2.22. The van der Waals surface area contributed by atoms with Gasteiger partial charge in [-0.25, -0.2) is 0 Å². The lowest BCUT2D eigenvalue weighted by Crippen LogP contribution is -2.49. The van der Waals surface area contributed by atoms with Crippen molar-refractivity contribution in [3.63, 3.8) is 0 Å². The van der Waals surface area contributed by atoms with E-state index in [9.17, 15) is 0 Å². The Kier molecular flexibility index (Phi) is 3.72. The smallest absolute Gasteiger partial charge is 0.372 e. The van der Waals surface area contributed by atoms with Gasteiger partial charge in [-0.2, -0.15) is 0 Å². The van der Waals surface area contributed by atoms with Crippen molar-refractivity contribution in [2.24, 2.45) is 4.99 Å². The Hall–Kier alpha value is 0.117. The number of rotatable bonds is 4. The molecular formula is C6H13NO3SSi. The van der Waals surface area contributed by atoms with Crippen LogP contribution in [0.2, 0.25) is 0 Å². The third-order valence-corrected chi connectivity index (χ3v) is 5.92. The summed E-state index contributed by atoms with van der Waals surface area (Å²) in [5.74, 6) is 1.00. The molecule has 0 spiro atoms. The topological polar surface area (TPSA) is 40.0 Å². The third kappa shape index (κ3) is 1.72. The lowest BCUT2D eigenvalue weighted by Gasteiger charge is -2.23. The van der Waals surface area contributed by atoms with Crippen LogP contribution < -0.4 is 0 Å². The molecule has 0 fully saturated rings. The van der Waals surface area contributed by atoms with Crippen molar-refractivity contribution >= 4 is 25.2 Å². The van der Waals surface area contributed by atoms with Crippen LogP contribution >= 0.6 is 11.8 Å². The molecule has 0 saturated carbocycles. The van der Waals surface area contributed by atoms with Crippen LogP contribution in [0.4, 0.5) is 0 Å². The molecule has 0 aromatic rings. The standard InChI is InChI=1S/C6H13NO3SSi/c1-8-12(9-2,10-3)6-7-4-5-11-6/h4-5H2,1-3H3. The zero-order valence-electron chi connectivity index (χ0n) is 7.49. The van der Waals surface area contributed by atoms with E-state index in [4.69, 9.17) is 13.3 Å². The summed E-state index contributed by atoms with van der Waals surface area (Å²) in [6.45, 7) is 0.838. The van der Waals surface area contributed by atoms with Crippen LogP contribution in [0.3, 0.4) is 0 Å². The minimum Gasteiger partial charge on any atom is -0.372 e. The van der Waals surface area contributed by atoms with E-state index in [1.807, 2.05) is 0 Å². The van der Waals surface area contributed by atoms with E-state index >= 15 is 0 Å². The molecule has 1 rings (SSSR count). The van der Waals surface area contributed by atoms with E-state index in [0.717, 1.165) is 17.0 Å². The van der Waals surface area contributed by atoms with Gasteiger partial charge in [0, 0.05) is 33.6 Å². The van der Waals surface area contributed by atoms with Gasteiger partial charge < -0.3 is 13.3 Å². The largest absolute Gasteiger partial charge is 0.562 e. The van der Waals surface area contributed by atoms with Crippen LogP contribution in [-0.4, -0.2) is 47.1 Å². The van der Waals surface area contributed by atoms with E-state index in [0.29, 0.717) is 0 Å². The van der Waals surface area contributed by atoms with Gasteiger partial charge in [0.25, 0.3) is 0 Å². The van der Waals surface area contributed by atoms with Gasteiger partial charge in [0.15, 0.2) is 0 Å². The summed E-state index contributed by atoms with van der Waals surface area (Å²) in [5, 5.41) is 0. The van der Waals surface area contributed by atoms with E-state index in [1.165, 1.54) is 0 Å². The average Bonchev–Trinajstić information content (AvgIpc) is 2.62. The van der Waals surface area contributed by atoms with E-state index in [2.05, 4.69) is 4.99 Å². The normalized spacial score (nSPS) is 18.1. The van der Waals surface area contributed by atoms with E-state index in [-0.39, 0.29) is 0 Å². The first-order valence-corrected chi connectivity index (χ1v) is 6.33. The number of nitrogens with zero attached hydrogens (tertiary/aromatic N) is 1. The Morgan fingerprint density at radius 1 is 1.25 bits per heavy atom. The first kappa shape index (κ1) is 10.2. The molecule has 6 heteroatoms. The highest BCUT2D eigenvalue weighted by atomic mass is 32.2. The monoisotopic (exact) mass is 207 g/mol. The fraction of sp³-hybridized carbons (Fsp3) is 0.833. The van der Waals surface area contributed by atoms with Crippen molar-refractivity contribution in [3.05, 3.63) is 0 Å². The quantitative estimate of drug-likeness (QED) is 0.631. The molecule has 0 N–H and O–H groups in total. The molecule has 4 nitrogen and oxygen atoms in total. The zero-order valence-corrected chi connectivity index (χ0v) is 9.31. The molecule has 1 aliphatic rings. The predicted octanol–water partition coefficient (Wildman–Crippen LogP) is 0.549. The Bertz CT molecular complexity index is 175. The Morgan fingerprint density at radius 3 is 2.17 bits per heavy atom. The lowest BCUT2D eigenvalue weighted by molar-refractivity contribution is 0.146. The molecule has 0 aromatic carbocycles. The number of aliphatic imine (C=N–C) groups is 1. The summed E-state index contributed by atoms with van der Waals surface area (Å²) < 4.78 is 16.7. The molecular weight excluding hydrogens is 194 g/mol. The molecule has 70 valence electrons. The first-order valence-electron chi connectivity index (χ1n) is 3.62. The van der Waals surface area contributed by atoms with Gasteiger partial charge in [-0.3, -0.25) is 4.99 Å². The minimum absolute atomic E-state index is 0.838. The van der Waals surface area contributed by atoms with Crippen molar-refractivity contribution < 1.29 is 13.3 Å². The van der Waals surface area contributed by atoms with Crippen LogP contribution in [0.5, 0.6) is 0 Å².